The molecule has 0 saturated heterocycles. The summed E-state index contributed by atoms with van der Waals surface area (Å²) in [6, 6.07) is 2.92. The van der Waals surface area contributed by atoms with Crippen LogP contribution in [0.1, 0.15) is 10.4 Å². The molecule has 0 atom stereocenters. The van der Waals surface area contributed by atoms with Crippen LogP contribution in [0.3, 0.4) is 0 Å². The summed E-state index contributed by atoms with van der Waals surface area (Å²) in [4.78, 5) is 14.2. The summed E-state index contributed by atoms with van der Waals surface area (Å²) < 4.78 is 25.9. The highest BCUT2D eigenvalue weighted by molar-refractivity contribution is 5.92. The summed E-state index contributed by atoms with van der Waals surface area (Å²) in [5.41, 5.74) is -0.145. The molecule has 1 aromatic heterocycles. The quantitative estimate of drug-likeness (QED) is 0.783. The van der Waals surface area contributed by atoms with Gasteiger partial charge in [0.2, 0.25) is 0 Å². The molecule has 0 aliphatic heterocycles. The molecule has 1 N–H and O–H groups in total. The Labute approximate surface area is 83.0 Å². The molecular weight excluding hydrogens is 204 g/mol. The normalized spacial score (nSPS) is 10.5. The number of nitrogens with zero attached hydrogens (tertiary/aromatic N) is 1. The van der Waals surface area contributed by atoms with E-state index in [0.717, 1.165) is 12.3 Å². The van der Waals surface area contributed by atoms with E-state index in [2.05, 4.69) is 4.98 Å². The fourth-order valence-corrected chi connectivity index (χ4v) is 1.29. The minimum absolute atomic E-state index is 0.0404. The summed E-state index contributed by atoms with van der Waals surface area (Å²) >= 11 is 0. The maximum Gasteiger partial charge on any atom is 0.337 e. The molecule has 0 unspecified atom stereocenters. The topological polar surface area (TPSA) is 50.2 Å². The number of fused-ring (bicyclic) bond motifs is 1. The van der Waals surface area contributed by atoms with Gasteiger partial charge in [0.15, 0.2) is 5.82 Å². The van der Waals surface area contributed by atoms with E-state index in [1.807, 2.05) is 0 Å². The van der Waals surface area contributed by atoms with Gasteiger partial charge < -0.3 is 5.11 Å². The van der Waals surface area contributed by atoms with Crippen LogP contribution in [-0.4, -0.2) is 16.1 Å². The predicted octanol–water partition coefficient (Wildman–Crippen LogP) is 2.21. The average molecular weight is 209 g/mol. The van der Waals surface area contributed by atoms with E-state index < -0.39 is 17.6 Å². The number of pyridine rings is 1. The number of aromatic nitrogens is 1. The number of hydrogen-bond acceptors (Lipinski definition) is 2. The van der Waals surface area contributed by atoms with Crippen LogP contribution in [0.5, 0.6) is 0 Å². The number of halogens is 2. The lowest BCUT2D eigenvalue weighted by Gasteiger charge is -2.00. The number of aromatic carboxylic acids is 1. The average Bonchev–Trinajstić information content (AvgIpc) is 2.16. The molecule has 0 amide bonds. The highest BCUT2D eigenvalue weighted by Gasteiger charge is 2.09. The molecule has 15 heavy (non-hydrogen) atoms. The molecule has 0 saturated carbocycles. The Balaban J connectivity index is 2.76. The minimum atomic E-state index is -1.19. The maximum atomic E-state index is 13.1. The van der Waals surface area contributed by atoms with Crippen molar-refractivity contribution in [3.8, 4) is 0 Å². The zero-order valence-electron chi connectivity index (χ0n) is 7.37. The summed E-state index contributed by atoms with van der Waals surface area (Å²) in [5.74, 6) is -2.75. The number of carboxylic acid groups (broad SMARTS) is 1. The Bertz CT molecular complexity index is 554. The van der Waals surface area contributed by atoms with Crippen molar-refractivity contribution in [1.29, 1.82) is 0 Å². The van der Waals surface area contributed by atoms with E-state index in [1.165, 1.54) is 6.07 Å². The lowest BCUT2D eigenvalue weighted by Crippen LogP contribution is -1.98. The van der Waals surface area contributed by atoms with Crippen LogP contribution in [0.25, 0.3) is 10.9 Å². The molecule has 0 bridgehead atoms. The second-order valence-electron chi connectivity index (χ2n) is 2.99. The SMILES string of the molecule is O=C(O)c1cnc2c(F)cc(F)cc2c1. The summed E-state index contributed by atoms with van der Waals surface area (Å²) in [6.07, 6.45) is 1.03. The zero-order chi connectivity index (χ0) is 11.0. The molecule has 1 heterocycles. The number of benzene rings is 1. The molecule has 0 radical (unpaired) electrons. The lowest BCUT2D eigenvalue weighted by molar-refractivity contribution is 0.0696. The van der Waals surface area contributed by atoms with Crippen LogP contribution in [0.15, 0.2) is 24.4 Å². The third-order valence-corrected chi connectivity index (χ3v) is 1.95. The van der Waals surface area contributed by atoms with Crippen LogP contribution in [-0.2, 0) is 0 Å². The number of hydrogen-bond donors (Lipinski definition) is 1. The van der Waals surface area contributed by atoms with Gasteiger partial charge in [-0.25, -0.2) is 13.6 Å². The van der Waals surface area contributed by atoms with Crippen molar-refractivity contribution in [3.63, 3.8) is 0 Å². The first-order valence-corrected chi connectivity index (χ1v) is 4.06. The highest BCUT2D eigenvalue weighted by atomic mass is 19.1. The first-order valence-electron chi connectivity index (χ1n) is 4.06. The van der Waals surface area contributed by atoms with Gasteiger partial charge in [-0.05, 0) is 12.1 Å². The largest absolute Gasteiger partial charge is 0.478 e. The highest BCUT2D eigenvalue weighted by Crippen LogP contribution is 2.18. The van der Waals surface area contributed by atoms with Gasteiger partial charge in [-0.1, -0.05) is 0 Å². The molecule has 0 aliphatic rings. The van der Waals surface area contributed by atoms with Gasteiger partial charge in [0.05, 0.1) is 5.56 Å². The molecule has 0 aliphatic carbocycles. The first kappa shape index (κ1) is 9.51. The van der Waals surface area contributed by atoms with E-state index in [-0.39, 0.29) is 16.5 Å². The molecule has 0 spiro atoms. The van der Waals surface area contributed by atoms with Crippen LogP contribution in [0.2, 0.25) is 0 Å². The van der Waals surface area contributed by atoms with Gasteiger partial charge in [0, 0.05) is 17.6 Å². The van der Waals surface area contributed by atoms with E-state index in [1.54, 1.807) is 0 Å². The van der Waals surface area contributed by atoms with Crippen molar-refractivity contribution >= 4 is 16.9 Å². The molecule has 3 nitrogen and oxygen atoms in total. The zero-order valence-corrected chi connectivity index (χ0v) is 7.37. The van der Waals surface area contributed by atoms with Gasteiger partial charge in [-0.3, -0.25) is 4.98 Å². The Morgan fingerprint density at radius 3 is 2.67 bits per heavy atom. The summed E-state index contributed by atoms with van der Waals surface area (Å²) in [7, 11) is 0. The molecule has 76 valence electrons. The van der Waals surface area contributed by atoms with E-state index in [9.17, 15) is 13.6 Å². The van der Waals surface area contributed by atoms with Gasteiger partial charge >= 0.3 is 5.97 Å². The lowest BCUT2D eigenvalue weighted by atomic mass is 10.1. The van der Waals surface area contributed by atoms with Crippen molar-refractivity contribution in [1.82, 2.24) is 4.98 Å². The van der Waals surface area contributed by atoms with Crippen molar-refractivity contribution in [2.45, 2.75) is 0 Å². The van der Waals surface area contributed by atoms with Crippen molar-refractivity contribution < 1.29 is 18.7 Å². The molecule has 2 aromatic rings. The molecule has 5 heteroatoms. The van der Waals surface area contributed by atoms with Crippen molar-refractivity contribution in [2.24, 2.45) is 0 Å². The molecule has 2 rings (SSSR count). The number of rotatable bonds is 1. The number of carbonyl (C=O) groups is 1. The Hall–Kier alpha value is -2.04. The predicted molar refractivity (Wildman–Crippen MR) is 48.6 cm³/mol. The maximum absolute atomic E-state index is 13.1. The fraction of sp³-hybridized carbons (Fsp3) is 0. The summed E-state index contributed by atoms with van der Waals surface area (Å²) in [5, 5.41) is 8.79. The van der Waals surface area contributed by atoms with Gasteiger partial charge in [-0.2, -0.15) is 0 Å². The number of carboxylic acids is 1. The van der Waals surface area contributed by atoms with Crippen molar-refractivity contribution in [2.75, 3.05) is 0 Å². The second-order valence-corrected chi connectivity index (χ2v) is 2.99. The third kappa shape index (κ3) is 1.63. The van der Waals surface area contributed by atoms with E-state index in [4.69, 9.17) is 5.11 Å². The van der Waals surface area contributed by atoms with Crippen LogP contribution in [0.4, 0.5) is 8.78 Å². The first-order chi connectivity index (χ1) is 7.08. The van der Waals surface area contributed by atoms with Crippen LogP contribution < -0.4 is 0 Å². The Morgan fingerprint density at radius 1 is 1.27 bits per heavy atom. The molecule has 1 aromatic carbocycles. The van der Waals surface area contributed by atoms with Gasteiger partial charge in [-0.15, -0.1) is 0 Å². The van der Waals surface area contributed by atoms with Crippen LogP contribution >= 0.6 is 0 Å². The second kappa shape index (κ2) is 3.27. The van der Waals surface area contributed by atoms with E-state index >= 15 is 0 Å². The van der Waals surface area contributed by atoms with Gasteiger partial charge in [0.25, 0.3) is 0 Å². The van der Waals surface area contributed by atoms with Crippen LogP contribution in [0, 0.1) is 11.6 Å². The monoisotopic (exact) mass is 209 g/mol. The molecule has 0 fully saturated rings. The third-order valence-electron chi connectivity index (χ3n) is 1.95. The minimum Gasteiger partial charge on any atom is -0.478 e. The standard InChI is InChI=1S/C10H5F2NO2/c11-7-2-5-1-6(10(14)15)4-13-9(5)8(12)3-7/h1-4H,(H,14,15). The fourth-order valence-electron chi connectivity index (χ4n) is 1.29. The Morgan fingerprint density at radius 2 is 2.00 bits per heavy atom. The summed E-state index contributed by atoms with van der Waals surface area (Å²) in [6.45, 7) is 0. The molecular formula is C10H5F2NO2. The Kier molecular flexibility index (Phi) is 2.07. The van der Waals surface area contributed by atoms with E-state index in [0.29, 0.717) is 6.07 Å². The van der Waals surface area contributed by atoms with Crippen molar-refractivity contribution in [3.05, 3.63) is 41.6 Å². The van der Waals surface area contributed by atoms with Gasteiger partial charge in [0.1, 0.15) is 11.3 Å². The smallest absolute Gasteiger partial charge is 0.337 e.